The first kappa shape index (κ1) is 18.7. The molecule has 24 heavy (non-hydrogen) atoms. The van der Waals surface area contributed by atoms with E-state index in [1.165, 1.54) is 26.2 Å². The van der Waals surface area contributed by atoms with Crippen LogP contribution in [-0.4, -0.2) is 29.0 Å². The van der Waals surface area contributed by atoms with Crippen molar-refractivity contribution in [3.05, 3.63) is 0 Å². The average Bonchev–Trinajstić information content (AvgIpc) is 3.24. The summed E-state index contributed by atoms with van der Waals surface area (Å²) in [6.07, 6.45) is 1.07. The molecule has 4 rings (SSSR count). The minimum atomic E-state index is -3.99. The van der Waals surface area contributed by atoms with Crippen LogP contribution in [0.2, 0.25) is 13.1 Å². The molecule has 0 aromatic rings. The van der Waals surface area contributed by atoms with Gasteiger partial charge in [-0.25, -0.2) is 0 Å². The summed E-state index contributed by atoms with van der Waals surface area (Å²) in [5.41, 5.74) is -1.36. The maximum absolute atomic E-state index is 13.3. The molecule has 4 saturated carbocycles. The monoisotopic (exact) mass is 364 g/mol. The van der Waals surface area contributed by atoms with Crippen molar-refractivity contribution in [3.8, 4) is 0 Å². The van der Waals surface area contributed by atoms with E-state index < -0.39 is 20.2 Å². The van der Waals surface area contributed by atoms with Gasteiger partial charge in [-0.2, -0.15) is 13.2 Å². The molecule has 0 aromatic heterocycles. The van der Waals surface area contributed by atoms with Gasteiger partial charge in [0.05, 0.1) is 5.41 Å². The molecule has 4 fully saturated rings. The molecule has 140 valence electrons. The highest BCUT2D eigenvalue weighted by molar-refractivity contribution is 6.64. The van der Waals surface area contributed by atoms with Crippen molar-refractivity contribution in [2.75, 3.05) is 14.2 Å². The predicted octanol–water partition coefficient (Wildman–Crippen LogP) is 5.24. The lowest BCUT2D eigenvalue weighted by Crippen LogP contribution is -2.46. The molecule has 6 heteroatoms. The van der Waals surface area contributed by atoms with E-state index in [1.54, 1.807) is 14.2 Å². The largest absolute Gasteiger partial charge is 0.398 e. The van der Waals surface area contributed by atoms with Crippen LogP contribution in [0.4, 0.5) is 13.2 Å². The van der Waals surface area contributed by atoms with Gasteiger partial charge in [-0.15, -0.1) is 0 Å². The first-order valence-corrected chi connectivity index (χ1v) is 12.0. The van der Waals surface area contributed by atoms with Gasteiger partial charge in [-0.3, -0.25) is 0 Å². The Bertz CT molecular complexity index is 475. The molecule has 7 atom stereocenters. The molecule has 0 amide bonds. The van der Waals surface area contributed by atoms with Gasteiger partial charge in [0.1, 0.15) is 0 Å². The number of fused-ring (bicyclic) bond motifs is 9. The summed E-state index contributed by atoms with van der Waals surface area (Å²) in [5, 5.41) is 0. The number of halogens is 3. The highest BCUT2D eigenvalue weighted by Gasteiger charge is 2.71. The first-order chi connectivity index (χ1) is 11.0. The van der Waals surface area contributed by atoms with Crippen molar-refractivity contribution in [3.63, 3.8) is 0 Å². The van der Waals surface area contributed by atoms with Crippen LogP contribution in [0.15, 0.2) is 0 Å². The Morgan fingerprint density at radius 3 is 1.92 bits per heavy atom. The van der Waals surface area contributed by atoms with Gasteiger partial charge in [0.15, 0.2) is 0 Å². The smallest absolute Gasteiger partial charge is 0.394 e. The van der Waals surface area contributed by atoms with Crippen molar-refractivity contribution in [1.82, 2.24) is 0 Å². The summed E-state index contributed by atoms with van der Waals surface area (Å²) in [6.45, 7) is 5.49. The Balaban J connectivity index is 0.000000209. The Labute approximate surface area is 144 Å². The van der Waals surface area contributed by atoms with Gasteiger partial charge < -0.3 is 8.85 Å². The highest BCUT2D eigenvalue weighted by Crippen LogP contribution is 2.74. The molecule has 0 heterocycles. The van der Waals surface area contributed by atoms with Crippen molar-refractivity contribution >= 4 is 8.56 Å². The second-order valence-corrected chi connectivity index (χ2v) is 12.6. The van der Waals surface area contributed by atoms with Crippen molar-refractivity contribution in [1.29, 1.82) is 0 Å². The molecule has 0 aliphatic heterocycles. The Hall–Kier alpha value is -0.0731. The maximum Gasteiger partial charge on any atom is 0.394 e. The molecule has 0 N–H and O–H groups in total. The SMILES string of the molecule is CC1(C(F)(F)F)CC2CC1C1C3CCC(C3)C21.CO[Si](C)(C)OC. The summed E-state index contributed by atoms with van der Waals surface area (Å²) < 4.78 is 49.9. The standard InChI is InChI=1S/C14H19F3.C4H12O2Si/c1-13(14(15,16)17)6-9-5-10(13)12-8-3-2-7(4-8)11(9)12;1-5-7(3,4)6-2/h7-12H,2-6H2,1H3;1-4H3. The second-order valence-electron chi connectivity index (χ2n) is 9.02. The fourth-order valence-electron chi connectivity index (χ4n) is 6.33. The molecule has 4 aliphatic carbocycles. The van der Waals surface area contributed by atoms with E-state index in [4.69, 9.17) is 8.85 Å². The molecule has 4 aliphatic rings. The zero-order chi connectivity index (χ0) is 17.9. The Morgan fingerprint density at radius 1 is 0.917 bits per heavy atom. The predicted molar refractivity (Wildman–Crippen MR) is 89.7 cm³/mol. The van der Waals surface area contributed by atoms with Gasteiger partial charge in [0, 0.05) is 14.2 Å². The molecule has 0 radical (unpaired) electrons. The minimum absolute atomic E-state index is 0.0483. The van der Waals surface area contributed by atoms with Crippen LogP contribution in [0.1, 0.15) is 39.0 Å². The highest BCUT2D eigenvalue weighted by atomic mass is 28.4. The molecule has 2 nitrogen and oxygen atoms in total. The molecular formula is C18H31F3O2Si. The lowest BCUT2D eigenvalue weighted by atomic mass is 9.61. The Morgan fingerprint density at radius 2 is 1.46 bits per heavy atom. The molecule has 4 bridgehead atoms. The molecular weight excluding hydrogens is 333 g/mol. The summed E-state index contributed by atoms with van der Waals surface area (Å²) >= 11 is 0. The second kappa shape index (κ2) is 5.98. The summed E-state index contributed by atoms with van der Waals surface area (Å²) in [4.78, 5) is 0. The van der Waals surface area contributed by atoms with E-state index >= 15 is 0 Å². The quantitative estimate of drug-likeness (QED) is 0.493. The van der Waals surface area contributed by atoms with Crippen molar-refractivity contribution in [2.24, 2.45) is 40.9 Å². The summed E-state index contributed by atoms with van der Waals surface area (Å²) in [6, 6.07) is 0. The molecule has 7 unspecified atom stereocenters. The number of hydrogen-bond donors (Lipinski definition) is 0. The van der Waals surface area contributed by atoms with Crippen LogP contribution >= 0.6 is 0 Å². The van der Waals surface area contributed by atoms with Crippen LogP contribution < -0.4 is 0 Å². The lowest BCUT2D eigenvalue weighted by molar-refractivity contribution is -0.245. The van der Waals surface area contributed by atoms with Crippen LogP contribution in [0.3, 0.4) is 0 Å². The Kier molecular flexibility index (Phi) is 4.66. The van der Waals surface area contributed by atoms with E-state index in [2.05, 4.69) is 0 Å². The van der Waals surface area contributed by atoms with E-state index in [1.807, 2.05) is 13.1 Å². The normalized spacial score (nSPS) is 46.0. The molecule has 0 saturated heterocycles. The van der Waals surface area contributed by atoms with E-state index in [9.17, 15) is 13.2 Å². The lowest BCUT2D eigenvalue weighted by Gasteiger charge is -2.45. The summed E-state index contributed by atoms with van der Waals surface area (Å²) in [5.74, 6) is 2.88. The average molecular weight is 365 g/mol. The van der Waals surface area contributed by atoms with Crippen LogP contribution in [0.5, 0.6) is 0 Å². The fourth-order valence-corrected chi connectivity index (χ4v) is 6.49. The van der Waals surface area contributed by atoms with Crippen LogP contribution in [0, 0.1) is 40.9 Å². The van der Waals surface area contributed by atoms with Gasteiger partial charge in [0.25, 0.3) is 0 Å². The van der Waals surface area contributed by atoms with Crippen LogP contribution in [-0.2, 0) is 8.85 Å². The third kappa shape index (κ3) is 2.77. The topological polar surface area (TPSA) is 18.5 Å². The maximum atomic E-state index is 13.3. The minimum Gasteiger partial charge on any atom is -0.398 e. The summed E-state index contributed by atoms with van der Waals surface area (Å²) in [7, 11) is 1.70. The molecule has 0 aromatic carbocycles. The zero-order valence-electron chi connectivity index (χ0n) is 15.5. The van der Waals surface area contributed by atoms with E-state index in [0.717, 1.165) is 12.3 Å². The number of hydrogen-bond acceptors (Lipinski definition) is 2. The zero-order valence-corrected chi connectivity index (χ0v) is 16.5. The molecule has 0 spiro atoms. The fraction of sp³-hybridized carbons (Fsp3) is 1.00. The van der Waals surface area contributed by atoms with E-state index in [0.29, 0.717) is 30.1 Å². The number of rotatable bonds is 2. The van der Waals surface area contributed by atoms with Crippen molar-refractivity contribution in [2.45, 2.75) is 58.3 Å². The van der Waals surface area contributed by atoms with E-state index in [-0.39, 0.29) is 5.92 Å². The van der Waals surface area contributed by atoms with Gasteiger partial charge in [0.2, 0.25) is 0 Å². The van der Waals surface area contributed by atoms with Gasteiger partial charge >= 0.3 is 14.7 Å². The first-order valence-electron chi connectivity index (χ1n) is 9.21. The van der Waals surface area contributed by atoms with Gasteiger partial charge in [-0.05, 0) is 80.7 Å². The number of alkyl halides is 3. The third-order valence-electron chi connectivity index (χ3n) is 7.75. The van der Waals surface area contributed by atoms with Gasteiger partial charge in [-0.1, -0.05) is 6.92 Å². The van der Waals surface area contributed by atoms with Crippen molar-refractivity contribution < 1.29 is 22.0 Å². The third-order valence-corrected chi connectivity index (χ3v) is 9.71. The van der Waals surface area contributed by atoms with Crippen LogP contribution in [0.25, 0.3) is 0 Å².